The van der Waals surface area contributed by atoms with Crippen LogP contribution in [0.4, 0.5) is 5.69 Å². The van der Waals surface area contributed by atoms with E-state index in [0.717, 1.165) is 33.3 Å². The van der Waals surface area contributed by atoms with Crippen molar-refractivity contribution in [2.45, 2.75) is 6.92 Å². The van der Waals surface area contributed by atoms with Crippen LogP contribution in [0.15, 0.2) is 42.9 Å². The van der Waals surface area contributed by atoms with Gasteiger partial charge in [0, 0.05) is 22.8 Å². The first-order valence-electron chi connectivity index (χ1n) is 5.54. The van der Waals surface area contributed by atoms with Gasteiger partial charge in [-0.05, 0) is 23.9 Å². The Morgan fingerprint density at radius 1 is 1.24 bits per heavy atom. The number of H-pyrrole nitrogens is 1. The van der Waals surface area contributed by atoms with Gasteiger partial charge in [-0.2, -0.15) is 0 Å². The van der Waals surface area contributed by atoms with Crippen molar-refractivity contribution in [3.63, 3.8) is 0 Å². The molecule has 3 heteroatoms. The van der Waals surface area contributed by atoms with Crippen molar-refractivity contribution < 1.29 is 0 Å². The number of aromatic nitrogens is 2. The summed E-state index contributed by atoms with van der Waals surface area (Å²) in [5, 5.41) is 2.25. The van der Waals surface area contributed by atoms with E-state index in [9.17, 15) is 0 Å². The molecule has 0 aliphatic heterocycles. The third-order valence-electron chi connectivity index (χ3n) is 3.13. The molecule has 0 aliphatic carbocycles. The van der Waals surface area contributed by atoms with Crippen LogP contribution in [0.1, 0.15) is 5.56 Å². The summed E-state index contributed by atoms with van der Waals surface area (Å²) in [5.74, 6) is 0. The highest BCUT2D eigenvalue weighted by Crippen LogP contribution is 2.32. The molecule has 3 rings (SSSR count). The number of hydrogen-bond donors (Lipinski definition) is 2. The van der Waals surface area contributed by atoms with Crippen molar-refractivity contribution in [2.75, 3.05) is 5.73 Å². The standard InChI is InChI=1S/C14H13N3/c1-9-12(13-7-16-8-17-13)6-10-4-2-3-5-11(10)14(9)15/h2-8H,15H2,1H3,(H,16,17). The van der Waals surface area contributed by atoms with E-state index in [-0.39, 0.29) is 0 Å². The molecule has 0 saturated heterocycles. The predicted octanol–water partition coefficient (Wildman–Crippen LogP) is 3.12. The van der Waals surface area contributed by atoms with E-state index in [1.165, 1.54) is 0 Å². The monoisotopic (exact) mass is 223 g/mol. The van der Waals surface area contributed by atoms with E-state index < -0.39 is 0 Å². The number of nitrogens with zero attached hydrogens (tertiary/aromatic N) is 1. The highest BCUT2D eigenvalue weighted by atomic mass is 14.9. The second-order valence-electron chi connectivity index (χ2n) is 4.14. The summed E-state index contributed by atoms with van der Waals surface area (Å²) in [4.78, 5) is 7.26. The number of nitrogen functional groups attached to an aromatic ring is 1. The number of fused-ring (bicyclic) bond motifs is 1. The number of benzene rings is 2. The van der Waals surface area contributed by atoms with Gasteiger partial charge in [-0.15, -0.1) is 0 Å². The van der Waals surface area contributed by atoms with Gasteiger partial charge >= 0.3 is 0 Å². The summed E-state index contributed by atoms with van der Waals surface area (Å²) in [6, 6.07) is 10.3. The van der Waals surface area contributed by atoms with Gasteiger partial charge in [-0.25, -0.2) is 4.98 Å². The Kier molecular flexibility index (Phi) is 2.11. The second kappa shape index (κ2) is 3.63. The van der Waals surface area contributed by atoms with Gasteiger partial charge in [0.05, 0.1) is 12.0 Å². The maximum atomic E-state index is 6.19. The van der Waals surface area contributed by atoms with Gasteiger partial charge in [-0.3, -0.25) is 0 Å². The molecule has 0 amide bonds. The topological polar surface area (TPSA) is 54.7 Å². The Labute approximate surface area is 99.3 Å². The van der Waals surface area contributed by atoms with Gasteiger partial charge in [0.2, 0.25) is 0 Å². The minimum atomic E-state index is 0.834. The average Bonchev–Trinajstić information content (AvgIpc) is 2.87. The molecule has 84 valence electrons. The zero-order valence-corrected chi connectivity index (χ0v) is 9.57. The number of nitrogens with two attached hydrogens (primary N) is 1. The normalized spacial score (nSPS) is 10.9. The molecule has 0 fully saturated rings. The SMILES string of the molecule is Cc1c(-c2c[nH]cn2)cc2ccccc2c1N. The minimum Gasteiger partial charge on any atom is -0.398 e. The van der Waals surface area contributed by atoms with E-state index in [4.69, 9.17) is 5.73 Å². The lowest BCUT2D eigenvalue weighted by Crippen LogP contribution is -1.94. The van der Waals surface area contributed by atoms with Gasteiger partial charge in [0.1, 0.15) is 0 Å². The van der Waals surface area contributed by atoms with Crippen LogP contribution in [-0.2, 0) is 0 Å². The van der Waals surface area contributed by atoms with Gasteiger partial charge in [0.25, 0.3) is 0 Å². The molecule has 0 atom stereocenters. The lowest BCUT2D eigenvalue weighted by atomic mass is 9.98. The Balaban J connectivity index is 2.37. The fourth-order valence-electron chi connectivity index (χ4n) is 2.15. The number of rotatable bonds is 1. The van der Waals surface area contributed by atoms with Crippen LogP contribution < -0.4 is 5.73 Å². The largest absolute Gasteiger partial charge is 0.398 e. The molecule has 0 bridgehead atoms. The van der Waals surface area contributed by atoms with Crippen LogP contribution in [0.2, 0.25) is 0 Å². The molecule has 1 aromatic heterocycles. The lowest BCUT2D eigenvalue weighted by Gasteiger charge is -2.10. The molecule has 2 aromatic carbocycles. The lowest BCUT2D eigenvalue weighted by molar-refractivity contribution is 1.31. The zero-order chi connectivity index (χ0) is 11.8. The van der Waals surface area contributed by atoms with Crippen molar-refractivity contribution in [1.29, 1.82) is 0 Å². The number of anilines is 1. The quantitative estimate of drug-likeness (QED) is 0.623. The first-order chi connectivity index (χ1) is 8.27. The highest BCUT2D eigenvalue weighted by Gasteiger charge is 2.09. The minimum absolute atomic E-state index is 0.834. The average molecular weight is 223 g/mol. The molecule has 3 N–H and O–H groups in total. The predicted molar refractivity (Wildman–Crippen MR) is 70.7 cm³/mol. The summed E-state index contributed by atoms with van der Waals surface area (Å²) in [7, 11) is 0. The van der Waals surface area contributed by atoms with Crippen molar-refractivity contribution >= 4 is 16.5 Å². The Hall–Kier alpha value is -2.29. The molecule has 1 heterocycles. The van der Waals surface area contributed by atoms with Gasteiger partial charge in [-0.1, -0.05) is 24.3 Å². The molecular formula is C14H13N3. The van der Waals surface area contributed by atoms with Crippen molar-refractivity contribution in [3.8, 4) is 11.3 Å². The van der Waals surface area contributed by atoms with Crippen LogP contribution >= 0.6 is 0 Å². The van der Waals surface area contributed by atoms with E-state index in [2.05, 4.69) is 22.1 Å². The van der Waals surface area contributed by atoms with Crippen molar-refractivity contribution in [2.24, 2.45) is 0 Å². The number of aromatic amines is 1. The third kappa shape index (κ3) is 1.47. The summed E-state index contributed by atoms with van der Waals surface area (Å²) in [5.41, 5.74) is 10.1. The van der Waals surface area contributed by atoms with Crippen LogP contribution in [0.25, 0.3) is 22.0 Å². The maximum Gasteiger partial charge on any atom is 0.0927 e. The van der Waals surface area contributed by atoms with Crippen molar-refractivity contribution in [1.82, 2.24) is 9.97 Å². The molecule has 3 nitrogen and oxygen atoms in total. The molecule has 0 radical (unpaired) electrons. The van der Waals surface area contributed by atoms with E-state index >= 15 is 0 Å². The van der Waals surface area contributed by atoms with Crippen LogP contribution in [0.3, 0.4) is 0 Å². The van der Waals surface area contributed by atoms with Gasteiger partial charge < -0.3 is 10.7 Å². The molecule has 0 saturated carbocycles. The molecular weight excluding hydrogens is 210 g/mol. The van der Waals surface area contributed by atoms with Crippen LogP contribution in [0, 0.1) is 6.92 Å². The fraction of sp³-hybridized carbons (Fsp3) is 0.0714. The molecule has 17 heavy (non-hydrogen) atoms. The first-order valence-corrected chi connectivity index (χ1v) is 5.54. The van der Waals surface area contributed by atoms with Crippen LogP contribution in [-0.4, -0.2) is 9.97 Å². The summed E-state index contributed by atoms with van der Waals surface area (Å²) < 4.78 is 0. The molecule has 3 aromatic rings. The number of imidazole rings is 1. The number of hydrogen-bond acceptors (Lipinski definition) is 2. The third-order valence-corrected chi connectivity index (χ3v) is 3.13. The Morgan fingerprint density at radius 2 is 2.06 bits per heavy atom. The summed E-state index contributed by atoms with van der Waals surface area (Å²) >= 11 is 0. The number of nitrogens with one attached hydrogen (secondary N) is 1. The van der Waals surface area contributed by atoms with E-state index in [1.54, 1.807) is 6.33 Å². The zero-order valence-electron chi connectivity index (χ0n) is 9.57. The Morgan fingerprint density at radius 3 is 2.82 bits per heavy atom. The second-order valence-corrected chi connectivity index (χ2v) is 4.14. The highest BCUT2D eigenvalue weighted by molar-refractivity contribution is 5.98. The Bertz CT molecular complexity index is 669. The van der Waals surface area contributed by atoms with E-state index in [0.29, 0.717) is 0 Å². The molecule has 0 unspecified atom stereocenters. The fourth-order valence-corrected chi connectivity index (χ4v) is 2.15. The van der Waals surface area contributed by atoms with E-state index in [1.807, 2.05) is 31.3 Å². The summed E-state index contributed by atoms with van der Waals surface area (Å²) in [6.45, 7) is 2.03. The van der Waals surface area contributed by atoms with Gasteiger partial charge in [0.15, 0.2) is 0 Å². The maximum absolute atomic E-state index is 6.19. The molecule has 0 aliphatic rings. The first kappa shape index (κ1) is 9.90. The van der Waals surface area contributed by atoms with Crippen molar-refractivity contribution in [3.05, 3.63) is 48.4 Å². The molecule has 0 spiro atoms. The summed E-state index contributed by atoms with van der Waals surface area (Å²) in [6.07, 6.45) is 3.57. The van der Waals surface area contributed by atoms with Crippen LogP contribution in [0.5, 0.6) is 0 Å². The smallest absolute Gasteiger partial charge is 0.0927 e.